The maximum absolute atomic E-state index is 12.9. The van der Waals surface area contributed by atoms with E-state index in [4.69, 9.17) is 9.82 Å². The molecule has 0 saturated carbocycles. The van der Waals surface area contributed by atoms with Gasteiger partial charge in [0, 0.05) is 42.7 Å². The van der Waals surface area contributed by atoms with Gasteiger partial charge in [-0.15, -0.1) is 11.3 Å². The first kappa shape index (κ1) is 26.9. The number of alkyl halides is 3. The molecule has 1 fully saturated rings. The van der Waals surface area contributed by atoms with E-state index in [0.717, 1.165) is 21.4 Å². The standard InChI is InChI=1S/C26H27F3N6O3S/c1-16-12-22(26(27,28)29)31-34(16)14-23(37)33-10-8-18(9-11-33)25-30-21(15-39-25)20-13-24(38-32-20)35(17(2)36)19-6-4-3-5-7-19/h3-7,12,15,18,24H,8-11,13-14H2,1-2H3/t24-/m1/s1. The molecule has 9 nitrogen and oxygen atoms in total. The van der Waals surface area contributed by atoms with Gasteiger partial charge in [-0.1, -0.05) is 23.4 Å². The number of carbonyl (C=O) groups excluding carboxylic acids is 2. The molecule has 206 valence electrons. The van der Waals surface area contributed by atoms with Crippen molar-refractivity contribution in [2.45, 2.75) is 58.0 Å². The average Bonchev–Trinajstić information content (AvgIpc) is 3.65. The molecule has 2 aromatic heterocycles. The number of hydrogen-bond donors (Lipinski definition) is 0. The highest BCUT2D eigenvalue weighted by molar-refractivity contribution is 7.10. The molecule has 2 amide bonds. The van der Waals surface area contributed by atoms with Gasteiger partial charge in [0.2, 0.25) is 18.0 Å². The summed E-state index contributed by atoms with van der Waals surface area (Å²) in [4.78, 5) is 38.7. The number of rotatable bonds is 6. The molecule has 1 saturated heterocycles. The Morgan fingerprint density at radius 3 is 2.54 bits per heavy atom. The Hall–Kier alpha value is -3.74. The number of benzene rings is 1. The fourth-order valence-corrected chi connectivity index (χ4v) is 5.81. The van der Waals surface area contributed by atoms with E-state index < -0.39 is 18.1 Å². The number of thiazole rings is 1. The van der Waals surface area contributed by atoms with Crippen LogP contribution < -0.4 is 4.90 Å². The molecule has 0 bridgehead atoms. The monoisotopic (exact) mass is 560 g/mol. The Kier molecular flexibility index (Phi) is 7.43. The van der Waals surface area contributed by atoms with Crippen molar-refractivity contribution in [3.05, 3.63) is 63.9 Å². The van der Waals surface area contributed by atoms with E-state index in [2.05, 4.69) is 10.3 Å². The van der Waals surface area contributed by atoms with E-state index in [-0.39, 0.29) is 30.0 Å². The summed E-state index contributed by atoms with van der Waals surface area (Å²) in [5.74, 6) is -0.246. The Morgan fingerprint density at radius 1 is 1.18 bits per heavy atom. The zero-order chi connectivity index (χ0) is 27.7. The number of nitrogens with zero attached hydrogens (tertiary/aromatic N) is 6. The third-order valence-corrected chi connectivity index (χ3v) is 7.89. The third kappa shape index (κ3) is 5.82. The lowest BCUT2D eigenvalue weighted by Gasteiger charge is -2.31. The van der Waals surface area contributed by atoms with Gasteiger partial charge in [-0.05, 0) is 38.0 Å². The molecule has 0 unspecified atom stereocenters. The normalized spacial score (nSPS) is 18.1. The van der Waals surface area contributed by atoms with E-state index in [9.17, 15) is 22.8 Å². The number of amides is 2. The molecule has 3 aromatic rings. The van der Waals surface area contributed by atoms with Crippen LogP contribution in [0.3, 0.4) is 0 Å². The molecule has 0 N–H and O–H groups in total. The molecular weight excluding hydrogens is 533 g/mol. The van der Waals surface area contributed by atoms with Crippen molar-refractivity contribution in [3.8, 4) is 0 Å². The number of halogens is 3. The predicted octanol–water partition coefficient (Wildman–Crippen LogP) is 4.58. The zero-order valence-electron chi connectivity index (χ0n) is 21.4. The first-order chi connectivity index (χ1) is 18.6. The number of oxime groups is 1. The Labute approximate surface area is 226 Å². The van der Waals surface area contributed by atoms with Gasteiger partial charge in [-0.25, -0.2) is 4.98 Å². The van der Waals surface area contributed by atoms with Crippen molar-refractivity contribution in [2.24, 2.45) is 5.16 Å². The van der Waals surface area contributed by atoms with Gasteiger partial charge >= 0.3 is 6.18 Å². The number of carbonyl (C=O) groups is 2. The minimum absolute atomic E-state index is 0.147. The first-order valence-corrected chi connectivity index (χ1v) is 13.4. The molecule has 1 aromatic carbocycles. The van der Waals surface area contributed by atoms with Gasteiger partial charge in [-0.3, -0.25) is 19.2 Å². The summed E-state index contributed by atoms with van der Waals surface area (Å²) in [6, 6.07) is 10.2. The summed E-state index contributed by atoms with van der Waals surface area (Å²) < 4.78 is 39.9. The largest absolute Gasteiger partial charge is 0.435 e. The van der Waals surface area contributed by atoms with E-state index >= 15 is 0 Å². The highest BCUT2D eigenvalue weighted by Crippen LogP contribution is 2.33. The third-order valence-electron chi connectivity index (χ3n) is 6.89. The van der Waals surface area contributed by atoms with Crippen molar-refractivity contribution in [2.75, 3.05) is 18.0 Å². The second kappa shape index (κ2) is 10.8. The fraction of sp³-hybridized carbons (Fsp3) is 0.423. The van der Waals surface area contributed by atoms with Crippen LogP contribution >= 0.6 is 11.3 Å². The van der Waals surface area contributed by atoms with Crippen LogP contribution in [0.4, 0.5) is 18.9 Å². The minimum atomic E-state index is -4.55. The van der Waals surface area contributed by atoms with E-state index in [0.29, 0.717) is 43.8 Å². The van der Waals surface area contributed by atoms with Crippen molar-refractivity contribution in [1.29, 1.82) is 0 Å². The molecule has 0 radical (unpaired) electrons. The first-order valence-electron chi connectivity index (χ1n) is 12.5. The highest BCUT2D eigenvalue weighted by Gasteiger charge is 2.35. The number of aromatic nitrogens is 3. The summed E-state index contributed by atoms with van der Waals surface area (Å²) in [6.07, 6.45) is -3.29. The maximum atomic E-state index is 12.9. The molecule has 0 aliphatic carbocycles. The van der Waals surface area contributed by atoms with Crippen LogP contribution in [0.2, 0.25) is 0 Å². The van der Waals surface area contributed by atoms with Crippen LogP contribution in [0.15, 0.2) is 46.9 Å². The fourth-order valence-electron chi connectivity index (χ4n) is 4.81. The van der Waals surface area contributed by atoms with Crippen molar-refractivity contribution >= 4 is 34.6 Å². The van der Waals surface area contributed by atoms with Crippen molar-refractivity contribution in [3.63, 3.8) is 0 Å². The zero-order valence-corrected chi connectivity index (χ0v) is 22.2. The van der Waals surface area contributed by atoms with Crippen molar-refractivity contribution in [1.82, 2.24) is 19.7 Å². The molecule has 39 heavy (non-hydrogen) atoms. The summed E-state index contributed by atoms with van der Waals surface area (Å²) in [5.41, 5.74) is 1.41. The Balaban J connectivity index is 1.16. The predicted molar refractivity (Wildman–Crippen MR) is 138 cm³/mol. The molecule has 5 rings (SSSR count). The van der Waals surface area contributed by atoms with Crippen LogP contribution in [0.5, 0.6) is 0 Å². The van der Waals surface area contributed by atoms with Crippen LogP contribution in [0.25, 0.3) is 0 Å². The van der Waals surface area contributed by atoms with Crippen molar-refractivity contribution < 1.29 is 27.6 Å². The minimum Gasteiger partial charge on any atom is -0.369 e. The quantitative estimate of drug-likeness (QED) is 0.440. The lowest BCUT2D eigenvalue weighted by Crippen LogP contribution is -2.40. The molecular formula is C26H27F3N6O3S. The van der Waals surface area contributed by atoms with Gasteiger partial charge in [0.05, 0.1) is 17.1 Å². The van der Waals surface area contributed by atoms with Gasteiger partial charge in [-0.2, -0.15) is 18.3 Å². The second-order valence-electron chi connectivity index (χ2n) is 9.58. The van der Waals surface area contributed by atoms with Crippen LogP contribution in [0, 0.1) is 6.92 Å². The number of piperidine rings is 1. The molecule has 1 atom stereocenters. The van der Waals surface area contributed by atoms with E-state index in [1.54, 1.807) is 9.80 Å². The highest BCUT2D eigenvalue weighted by atomic mass is 32.1. The van der Waals surface area contributed by atoms with Crippen LogP contribution in [-0.2, 0) is 27.1 Å². The number of anilines is 1. The van der Waals surface area contributed by atoms with Gasteiger partial charge in [0.15, 0.2) is 5.69 Å². The van der Waals surface area contributed by atoms with Gasteiger partial charge in [0.25, 0.3) is 0 Å². The van der Waals surface area contributed by atoms with Gasteiger partial charge < -0.3 is 9.74 Å². The number of aryl methyl sites for hydroxylation is 1. The Bertz CT molecular complexity index is 1380. The summed E-state index contributed by atoms with van der Waals surface area (Å²) in [5, 5.41) is 10.6. The van der Waals surface area contributed by atoms with Crippen LogP contribution in [-0.4, -0.2) is 56.5 Å². The molecule has 2 aliphatic rings. The van der Waals surface area contributed by atoms with Gasteiger partial charge in [0.1, 0.15) is 12.3 Å². The molecule has 0 spiro atoms. The smallest absolute Gasteiger partial charge is 0.369 e. The summed E-state index contributed by atoms with van der Waals surface area (Å²) in [6.45, 7) is 3.74. The van der Waals surface area contributed by atoms with E-state index in [1.165, 1.54) is 25.2 Å². The van der Waals surface area contributed by atoms with Crippen LogP contribution in [0.1, 0.15) is 54.2 Å². The SMILES string of the molecule is CC(=O)N(c1ccccc1)[C@H]1CC(c2csc(C3CCN(C(=O)Cn4nc(C(F)(F)F)cc4C)CC3)n2)=NO1. The Morgan fingerprint density at radius 2 is 1.90 bits per heavy atom. The summed E-state index contributed by atoms with van der Waals surface area (Å²) >= 11 is 1.52. The lowest BCUT2D eigenvalue weighted by molar-refractivity contribution is -0.142. The summed E-state index contributed by atoms with van der Waals surface area (Å²) in [7, 11) is 0. The molecule has 13 heteroatoms. The molecule has 2 aliphatic heterocycles. The van der Waals surface area contributed by atoms with E-state index in [1.807, 2.05) is 35.7 Å². The lowest BCUT2D eigenvalue weighted by atomic mass is 9.97. The maximum Gasteiger partial charge on any atom is 0.435 e. The topological polar surface area (TPSA) is 92.9 Å². The second-order valence-corrected chi connectivity index (χ2v) is 10.5. The number of likely N-dealkylation sites (tertiary alicyclic amines) is 1. The number of para-hydroxylation sites is 1. The average molecular weight is 561 g/mol. The number of hydrogen-bond acceptors (Lipinski definition) is 7. The molecule has 4 heterocycles.